The summed E-state index contributed by atoms with van der Waals surface area (Å²) in [7, 11) is 2.05. The summed E-state index contributed by atoms with van der Waals surface area (Å²) in [6.07, 6.45) is 1.80. The Morgan fingerprint density at radius 2 is 1.74 bits per heavy atom. The van der Waals surface area contributed by atoms with Gasteiger partial charge in [-0.15, -0.1) is 0 Å². The second-order valence-corrected chi connectivity index (χ2v) is 9.99. The number of likely N-dealkylation sites (N-methyl/N-ethyl adjacent to an activating group) is 1. The van der Waals surface area contributed by atoms with Crippen LogP contribution in [0.2, 0.25) is 10.0 Å². The number of nitrogens with one attached hydrogen (secondary N) is 1. The Kier molecular flexibility index (Phi) is 7.70. The number of nitrogens with zero attached hydrogens (tertiary/aromatic N) is 2. The zero-order valence-electron chi connectivity index (χ0n) is 19.7. The third-order valence-corrected chi connectivity index (χ3v) is 7.27. The molecule has 2 aromatic carbocycles. The third-order valence-electron chi connectivity index (χ3n) is 6.72. The molecule has 1 N–H and O–H groups in total. The van der Waals surface area contributed by atoms with Crippen molar-refractivity contribution in [1.82, 2.24) is 15.1 Å². The molecule has 2 fully saturated rings. The molecule has 1 heterocycles. The highest BCUT2D eigenvalue weighted by Crippen LogP contribution is 2.51. The summed E-state index contributed by atoms with van der Waals surface area (Å²) >= 11 is 12.5. The quantitative estimate of drug-likeness (QED) is 0.592. The van der Waals surface area contributed by atoms with Gasteiger partial charge in [0.15, 0.2) is 0 Å². The Morgan fingerprint density at radius 3 is 2.32 bits per heavy atom. The van der Waals surface area contributed by atoms with Crippen molar-refractivity contribution in [2.75, 3.05) is 39.8 Å². The van der Waals surface area contributed by atoms with Crippen LogP contribution in [-0.2, 0) is 21.4 Å². The molecule has 0 spiro atoms. The first-order valence-corrected chi connectivity index (χ1v) is 12.5. The van der Waals surface area contributed by atoms with Gasteiger partial charge in [-0.2, -0.15) is 0 Å². The number of ether oxygens (including phenoxy) is 1. The minimum Gasteiger partial charge on any atom is -0.494 e. The number of rotatable bonds is 8. The maximum absolute atomic E-state index is 13.5. The van der Waals surface area contributed by atoms with E-state index in [2.05, 4.69) is 10.2 Å². The smallest absolute Gasteiger partial charge is 0.245 e. The van der Waals surface area contributed by atoms with E-state index < -0.39 is 11.5 Å². The molecule has 1 aliphatic carbocycles. The molecule has 2 aromatic rings. The Bertz CT molecular complexity index is 1030. The lowest BCUT2D eigenvalue weighted by atomic mass is 9.93. The van der Waals surface area contributed by atoms with Gasteiger partial charge in [-0.3, -0.25) is 9.59 Å². The predicted octanol–water partition coefficient (Wildman–Crippen LogP) is 3.93. The second kappa shape index (κ2) is 10.5. The average molecular weight is 504 g/mol. The van der Waals surface area contributed by atoms with Crippen molar-refractivity contribution in [1.29, 1.82) is 0 Å². The molecule has 0 bridgehead atoms. The molecular weight excluding hydrogens is 473 g/mol. The van der Waals surface area contributed by atoms with Crippen LogP contribution in [0.25, 0.3) is 0 Å². The van der Waals surface area contributed by atoms with Crippen LogP contribution in [0, 0.1) is 0 Å². The van der Waals surface area contributed by atoms with E-state index in [1.54, 1.807) is 12.1 Å². The molecule has 1 aliphatic heterocycles. The first kappa shape index (κ1) is 24.8. The number of hydrogen-bond acceptors (Lipinski definition) is 4. The Morgan fingerprint density at radius 1 is 1.06 bits per heavy atom. The fraction of sp³-hybridized carbons (Fsp3) is 0.462. The van der Waals surface area contributed by atoms with E-state index in [0.29, 0.717) is 49.0 Å². The Hall–Kier alpha value is -2.28. The van der Waals surface area contributed by atoms with Gasteiger partial charge in [0.25, 0.3) is 0 Å². The van der Waals surface area contributed by atoms with Gasteiger partial charge < -0.3 is 19.9 Å². The Balaban J connectivity index is 1.54. The molecule has 0 unspecified atom stereocenters. The lowest BCUT2D eigenvalue weighted by molar-refractivity contribution is -0.138. The number of halogens is 2. The van der Waals surface area contributed by atoms with Crippen LogP contribution >= 0.6 is 23.2 Å². The normalized spacial score (nSPS) is 18.3. The fourth-order valence-corrected chi connectivity index (χ4v) is 5.08. The van der Waals surface area contributed by atoms with E-state index in [0.717, 1.165) is 30.0 Å². The van der Waals surface area contributed by atoms with Gasteiger partial charge in [-0.25, -0.2) is 0 Å². The van der Waals surface area contributed by atoms with E-state index in [-0.39, 0.29) is 11.8 Å². The number of amides is 2. The van der Waals surface area contributed by atoms with Crippen LogP contribution in [0.4, 0.5) is 0 Å². The van der Waals surface area contributed by atoms with Gasteiger partial charge in [0.2, 0.25) is 11.8 Å². The summed E-state index contributed by atoms with van der Waals surface area (Å²) in [5, 5.41) is 4.10. The highest BCUT2D eigenvalue weighted by Gasteiger charge is 2.53. The minimum absolute atomic E-state index is 0.0478. The average Bonchev–Trinajstić information content (AvgIpc) is 3.62. The van der Waals surface area contributed by atoms with Crippen LogP contribution < -0.4 is 10.1 Å². The van der Waals surface area contributed by atoms with Crippen molar-refractivity contribution in [2.45, 2.75) is 37.6 Å². The Labute approximate surface area is 211 Å². The van der Waals surface area contributed by atoms with E-state index in [1.165, 1.54) is 0 Å². The minimum atomic E-state index is -0.707. The largest absolute Gasteiger partial charge is 0.494 e. The molecule has 1 saturated heterocycles. The van der Waals surface area contributed by atoms with Crippen LogP contribution in [0.1, 0.15) is 30.9 Å². The van der Waals surface area contributed by atoms with Gasteiger partial charge in [0.05, 0.1) is 12.0 Å². The zero-order valence-corrected chi connectivity index (χ0v) is 21.2. The number of piperazine rings is 1. The van der Waals surface area contributed by atoms with E-state index >= 15 is 0 Å². The predicted molar refractivity (Wildman–Crippen MR) is 135 cm³/mol. The molecule has 34 heavy (non-hydrogen) atoms. The highest BCUT2D eigenvalue weighted by atomic mass is 35.5. The third kappa shape index (κ3) is 5.51. The molecule has 182 valence electrons. The second-order valence-electron chi connectivity index (χ2n) is 9.14. The van der Waals surface area contributed by atoms with Gasteiger partial charge in [-0.05, 0) is 62.2 Å². The number of carbonyl (C=O) groups is 2. The number of hydrogen-bond donors (Lipinski definition) is 1. The van der Waals surface area contributed by atoms with Crippen LogP contribution in [0.5, 0.6) is 5.75 Å². The number of benzene rings is 2. The lowest BCUT2D eigenvalue weighted by Gasteiger charge is -2.35. The summed E-state index contributed by atoms with van der Waals surface area (Å²) in [5.41, 5.74) is 1.02. The molecule has 8 heteroatoms. The summed E-state index contributed by atoms with van der Waals surface area (Å²) < 4.78 is 5.53. The van der Waals surface area contributed by atoms with Crippen molar-refractivity contribution >= 4 is 35.0 Å². The summed E-state index contributed by atoms with van der Waals surface area (Å²) in [6, 6.07) is 12.3. The van der Waals surface area contributed by atoms with Gasteiger partial charge >= 0.3 is 0 Å². The summed E-state index contributed by atoms with van der Waals surface area (Å²) in [5.74, 6) is 0.579. The first-order valence-electron chi connectivity index (χ1n) is 11.8. The molecule has 2 aliphatic rings. The van der Waals surface area contributed by atoms with Crippen molar-refractivity contribution in [3.05, 3.63) is 63.6 Å². The van der Waals surface area contributed by atoms with Crippen molar-refractivity contribution in [2.24, 2.45) is 0 Å². The fourth-order valence-electron chi connectivity index (χ4n) is 4.49. The molecule has 1 saturated carbocycles. The molecule has 6 nitrogen and oxygen atoms in total. The molecule has 4 rings (SSSR count). The van der Waals surface area contributed by atoms with E-state index in [9.17, 15) is 9.59 Å². The molecule has 1 atom stereocenters. The van der Waals surface area contributed by atoms with Gasteiger partial charge in [0.1, 0.15) is 11.8 Å². The van der Waals surface area contributed by atoms with Crippen molar-refractivity contribution in [3.63, 3.8) is 0 Å². The SMILES string of the molecule is CCOc1ccc(C[C@H](NC(=O)C2(c3ccc(Cl)cc3Cl)CC2)C(=O)N2CCN(C)CC2)cc1. The first-order chi connectivity index (χ1) is 16.3. The molecule has 0 aromatic heterocycles. The lowest BCUT2D eigenvalue weighted by Crippen LogP contribution is -2.56. The summed E-state index contributed by atoms with van der Waals surface area (Å²) in [4.78, 5) is 31.1. The van der Waals surface area contributed by atoms with Gasteiger partial charge in [0, 0.05) is 42.6 Å². The maximum Gasteiger partial charge on any atom is 0.245 e. The van der Waals surface area contributed by atoms with Crippen molar-refractivity contribution in [3.8, 4) is 5.75 Å². The molecule has 2 amide bonds. The van der Waals surface area contributed by atoms with Crippen molar-refractivity contribution < 1.29 is 14.3 Å². The van der Waals surface area contributed by atoms with Crippen LogP contribution in [0.15, 0.2) is 42.5 Å². The monoisotopic (exact) mass is 503 g/mol. The zero-order chi connectivity index (χ0) is 24.3. The van der Waals surface area contributed by atoms with Crippen LogP contribution in [-0.4, -0.2) is 67.5 Å². The van der Waals surface area contributed by atoms with Gasteiger partial charge in [-0.1, -0.05) is 41.4 Å². The molecular formula is C26H31Cl2N3O3. The highest BCUT2D eigenvalue weighted by molar-refractivity contribution is 6.35. The topological polar surface area (TPSA) is 61.9 Å². The summed E-state index contributed by atoms with van der Waals surface area (Å²) in [6.45, 7) is 5.47. The van der Waals surface area contributed by atoms with E-state index in [4.69, 9.17) is 27.9 Å². The van der Waals surface area contributed by atoms with Crippen LogP contribution in [0.3, 0.4) is 0 Å². The van der Waals surface area contributed by atoms with E-state index in [1.807, 2.05) is 49.2 Å². The number of carbonyl (C=O) groups excluding carboxylic acids is 2. The standard InChI is InChI=1S/C26H31Cl2N3O3/c1-3-34-20-7-4-18(5-8-20)16-23(24(32)31-14-12-30(2)13-15-31)29-25(33)26(10-11-26)21-9-6-19(27)17-22(21)28/h4-9,17,23H,3,10-16H2,1-2H3,(H,29,33)/t23-/m0/s1. The molecule has 0 radical (unpaired) electrons. The maximum atomic E-state index is 13.5.